The minimum absolute atomic E-state index is 0.105. The molecule has 0 unspecified atom stereocenters. The Kier molecular flexibility index (Phi) is 5.06. The van der Waals surface area contributed by atoms with Crippen molar-refractivity contribution in [3.63, 3.8) is 0 Å². The van der Waals surface area contributed by atoms with Gasteiger partial charge in [-0.1, -0.05) is 12.1 Å². The van der Waals surface area contributed by atoms with Crippen LogP contribution in [0.2, 0.25) is 0 Å². The summed E-state index contributed by atoms with van der Waals surface area (Å²) in [6, 6.07) is 15.7. The summed E-state index contributed by atoms with van der Waals surface area (Å²) >= 11 is 0. The Hall–Kier alpha value is -2.77. The van der Waals surface area contributed by atoms with Crippen LogP contribution in [0.1, 0.15) is 5.56 Å². The first kappa shape index (κ1) is 17.1. The Balaban J connectivity index is 1.68. The fraction of sp³-hybridized carbons (Fsp3) is 0.0556. The number of hydrogen-bond donors (Lipinski definition) is 1. The topological polar surface area (TPSA) is 68.3 Å². The van der Waals surface area contributed by atoms with E-state index in [1.807, 2.05) is 0 Å². The van der Waals surface area contributed by atoms with Gasteiger partial charge < -0.3 is 4.74 Å². The van der Waals surface area contributed by atoms with Crippen LogP contribution in [0, 0.1) is 5.82 Å². The maximum atomic E-state index is 12.9. The van der Waals surface area contributed by atoms with E-state index >= 15 is 0 Å². The van der Waals surface area contributed by atoms with Crippen molar-refractivity contribution in [3.8, 4) is 11.5 Å². The number of pyridine rings is 1. The largest absolute Gasteiger partial charge is 0.457 e. The van der Waals surface area contributed by atoms with Crippen LogP contribution in [0.15, 0.2) is 78.0 Å². The van der Waals surface area contributed by atoms with Gasteiger partial charge in [-0.25, -0.2) is 17.5 Å². The third-order valence-electron chi connectivity index (χ3n) is 3.36. The van der Waals surface area contributed by atoms with Gasteiger partial charge >= 0.3 is 0 Å². The number of benzene rings is 2. The van der Waals surface area contributed by atoms with E-state index in [-0.39, 0.29) is 17.3 Å². The molecule has 3 rings (SSSR count). The molecule has 5 nitrogen and oxygen atoms in total. The van der Waals surface area contributed by atoms with Gasteiger partial charge in [-0.05, 0) is 54.1 Å². The van der Waals surface area contributed by atoms with Crippen molar-refractivity contribution in [2.75, 3.05) is 0 Å². The van der Waals surface area contributed by atoms with Crippen molar-refractivity contribution in [1.82, 2.24) is 9.71 Å². The zero-order chi connectivity index (χ0) is 17.7. The summed E-state index contributed by atoms with van der Waals surface area (Å²) in [6.07, 6.45) is 2.80. The van der Waals surface area contributed by atoms with Gasteiger partial charge in [0.15, 0.2) is 0 Å². The second-order valence-corrected chi connectivity index (χ2v) is 6.98. The van der Waals surface area contributed by atoms with E-state index in [1.54, 1.807) is 30.3 Å². The number of halogens is 1. The zero-order valence-corrected chi connectivity index (χ0v) is 13.9. The Morgan fingerprint density at radius 3 is 2.52 bits per heavy atom. The highest BCUT2D eigenvalue weighted by atomic mass is 32.2. The van der Waals surface area contributed by atoms with E-state index < -0.39 is 10.0 Å². The summed E-state index contributed by atoms with van der Waals surface area (Å²) in [5.74, 6) is 0.685. The summed E-state index contributed by atoms with van der Waals surface area (Å²) in [7, 11) is -3.63. The van der Waals surface area contributed by atoms with Crippen molar-refractivity contribution < 1.29 is 17.5 Å². The Morgan fingerprint density at radius 1 is 1.00 bits per heavy atom. The zero-order valence-electron chi connectivity index (χ0n) is 13.1. The van der Waals surface area contributed by atoms with E-state index in [1.165, 1.54) is 42.7 Å². The molecular weight excluding hydrogens is 343 g/mol. The Morgan fingerprint density at radius 2 is 1.80 bits per heavy atom. The highest BCUT2D eigenvalue weighted by molar-refractivity contribution is 7.89. The van der Waals surface area contributed by atoms with Crippen LogP contribution in [0.5, 0.6) is 11.5 Å². The van der Waals surface area contributed by atoms with Gasteiger partial charge in [0.1, 0.15) is 22.2 Å². The van der Waals surface area contributed by atoms with Gasteiger partial charge in [0, 0.05) is 18.9 Å². The molecule has 0 radical (unpaired) electrons. The standard InChI is InChI=1S/C18H15FN2O3S/c19-15-6-8-16(9-7-15)24-17-4-1-3-14(11-17)12-21-25(22,23)18-5-2-10-20-13-18/h1-11,13,21H,12H2. The SMILES string of the molecule is O=S(=O)(NCc1cccc(Oc2ccc(F)cc2)c1)c1cccnc1. The van der Waals surface area contributed by atoms with E-state index in [0.717, 1.165) is 5.56 Å². The molecule has 0 atom stereocenters. The number of sulfonamides is 1. The first-order chi connectivity index (χ1) is 12.0. The molecule has 0 aliphatic rings. The number of aromatic nitrogens is 1. The lowest BCUT2D eigenvalue weighted by molar-refractivity contribution is 0.479. The van der Waals surface area contributed by atoms with Crippen molar-refractivity contribution in [2.24, 2.45) is 0 Å². The van der Waals surface area contributed by atoms with Gasteiger partial charge in [0.05, 0.1) is 0 Å². The average molecular weight is 358 g/mol. The molecule has 7 heteroatoms. The maximum absolute atomic E-state index is 12.9. The molecule has 0 saturated heterocycles. The third kappa shape index (κ3) is 4.62. The highest BCUT2D eigenvalue weighted by Gasteiger charge is 2.13. The van der Waals surface area contributed by atoms with E-state index in [4.69, 9.17) is 4.74 Å². The number of hydrogen-bond acceptors (Lipinski definition) is 4. The van der Waals surface area contributed by atoms with Gasteiger partial charge in [-0.2, -0.15) is 0 Å². The van der Waals surface area contributed by atoms with E-state index in [2.05, 4.69) is 9.71 Å². The highest BCUT2D eigenvalue weighted by Crippen LogP contribution is 2.22. The van der Waals surface area contributed by atoms with Crippen LogP contribution < -0.4 is 9.46 Å². The van der Waals surface area contributed by atoms with Crippen molar-refractivity contribution in [3.05, 3.63) is 84.4 Å². The third-order valence-corrected chi connectivity index (χ3v) is 4.75. The second-order valence-electron chi connectivity index (χ2n) is 5.22. The van der Waals surface area contributed by atoms with Crippen LogP contribution in [0.3, 0.4) is 0 Å². The van der Waals surface area contributed by atoms with Gasteiger partial charge in [-0.15, -0.1) is 0 Å². The average Bonchev–Trinajstić information content (AvgIpc) is 2.63. The van der Waals surface area contributed by atoms with E-state index in [9.17, 15) is 12.8 Å². The molecular formula is C18H15FN2O3S. The molecule has 0 bridgehead atoms. The fourth-order valence-corrected chi connectivity index (χ4v) is 3.11. The molecule has 0 spiro atoms. The molecule has 0 amide bonds. The molecule has 0 fully saturated rings. The lowest BCUT2D eigenvalue weighted by Crippen LogP contribution is -2.23. The summed E-state index contributed by atoms with van der Waals surface area (Å²) in [6.45, 7) is 0.109. The van der Waals surface area contributed by atoms with Crippen molar-refractivity contribution in [2.45, 2.75) is 11.4 Å². The molecule has 2 aromatic carbocycles. The predicted molar refractivity (Wildman–Crippen MR) is 91.2 cm³/mol. The second kappa shape index (κ2) is 7.42. The molecule has 128 valence electrons. The van der Waals surface area contributed by atoms with Crippen LogP contribution in [-0.4, -0.2) is 13.4 Å². The minimum Gasteiger partial charge on any atom is -0.457 e. The lowest BCUT2D eigenvalue weighted by Gasteiger charge is -2.09. The molecule has 1 N–H and O–H groups in total. The Bertz CT molecular complexity index is 946. The molecule has 0 saturated carbocycles. The molecule has 0 aliphatic heterocycles. The molecule has 0 aliphatic carbocycles. The smallest absolute Gasteiger partial charge is 0.242 e. The van der Waals surface area contributed by atoms with Gasteiger partial charge in [0.25, 0.3) is 0 Å². The van der Waals surface area contributed by atoms with Crippen LogP contribution in [0.25, 0.3) is 0 Å². The predicted octanol–water partition coefficient (Wildman–Crippen LogP) is 3.49. The quantitative estimate of drug-likeness (QED) is 0.732. The van der Waals surface area contributed by atoms with Gasteiger partial charge in [-0.3, -0.25) is 4.98 Å². The first-order valence-corrected chi connectivity index (χ1v) is 8.93. The fourth-order valence-electron chi connectivity index (χ4n) is 2.13. The summed E-state index contributed by atoms with van der Waals surface area (Å²) in [5.41, 5.74) is 0.729. The number of nitrogens with one attached hydrogen (secondary N) is 1. The number of rotatable bonds is 6. The van der Waals surface area contributed by atoms with Crippen LogP contribution in [-0.2, 0) is 16.6 Å². The lowest BCUT2D eigenvalue weighted by atomic mass is 10.2. The summed E-state index contributed by atoms with van der Waals surface area (Å²) < 4.78 is 45.5. The Labute approximate surface area is 145 Å². The molecule has 1 aromatic heterocycles. The monoisotopic (exact) mass is 358 g/mol. The van der Waals surface area contributed by atoms with Crippen LogP contribution >= 0.6 is 0 Å². The van der Waals surface area contributed by atoms with Crippen LogP contribution in [0.4, 0.5) is 4.39 Å². The van der Waals surface area contributed by atoms with Crippen molar-refractivity contribution >= 4 is 10.0 Å². The molecule has 3 aromatic rings. The molecule has 1 heterocycles. The first-order valence-electron chi connectivity index (χ1n) is 7.45. The summed E-state index contributed by atoms with van der Waals surface area (Å²) in [4.78, 5) is 3.91. The normalized spacial score (nSPS) is 11.2. The molecule has 25 heavy (non-hydrogen) atoms. The van der Waals surface area contributed by atoms with Crippen molar-refractivity contribution in [1.29, 1.82) is 0 Å². The number of nitrogens with zero attached hydrogens (tertiary/aromatic N) is 1. The summed E-state index contributed by atoms with van der Waals surface area (Å²) in [5, 5.41) is 0. The van der Waals surface area contributed by atoms with E-state index in [0.29, 0.717) is 11.5 Å². The maximum Gasteiger partial charge on any atom is 0.242 e. The number of ether oxygens (including phenoxy) is 1. The van der Waals surface area contributed by atoms with Gasteiger partial charge in [0.2, 0.25) is 10.0 Å². The minimum atomic E-state index is -3.63.